The van der Waals surface area contributed by atoms with Crippen LogP contribution in [0.15, 0.2) is 12.1 Å². The van der Waals surface area contributed by atoms with Gasteiger partial charge < -0.3 is 14.6 Å². The highest BCUT2D eigenvalue weighted by molar-refractivity contribution is 7.32. The molecule has 0 amide bonds. The fourth-order valence-electron chi connectivity index (χ4n) is 1.16. The molecule has 0 spiro atoms. The predicted molar refractivity (Wildman–Crippen MR) is 55.8 cm³/mol. The smallest absolute Gasteiger partial charge is 0.502 e. The van der Waals surface area contributed by atoms with Crippen molar-refractivity contribution < 1.29 is 28.6 Å². The summed E-state index contributed by atoms with van der Waals surface area (Å²) in [7, 11) is 0.135. The third-order valence-corrected chi connectivity index (χ3v) is 2.23. The first kappa shape index (κ1) is 12.7. The lowest BCUT2D eigenvalue weighted by Crippen LogP contribution is -1.93. The second-order valence-electron chi connectivity index (χ2n) is 2.86. The molecule has 0 saturated heterocycles. The van der Waals surface area contributed by atoms with Gasteiger partial charge in [0.25, 0.3) is 0 Å². The second-order valence-corrected chi connectivity index (χ2v) is 3.59. The molecule has 7 heteroatoms. The van der Waals surface area contributed by atoms with E-state index >= 15 is 0 Å². The van der Waals surface area contributed by atoms with Gasteiger partial charge in [-0.05, 0) is 17.7 Å². The molecule has 0 aromatic heterocycles. The number of hydrogen-bond donors (Lipinski definition) is 2. The number of hydrogen-bond acceptors (Lipinski definition) is 5. The van der Waals surface area contributed by atoms with Crippen LogP contribution in [0.1, 0.15) is 5.56 Å². The molecule has 0 aliphatic heterocycles. The van der Waals surface area contributed by atoms with Gasteiger partial charge in [-0.15, -0.1) is 9.42 Å². The summed E-state index contributed by atoms with van der Waals surface area (Å²) in [4.78, 5) is 8.50. The van der Waals surface area contributed by atoms with E-state index in [1.165, 1.54) is 26.4 Å². The zero-order valence-corrected chi connectivity index (χ0v) is 9.73. The van der Waals surface area contributed by atoms with Crippen molar-refractivity contribution in [2.75, 3.05) is 14.2 Å². The normalized spacial score (nSPS) is 11.1. The van der Waals surface area contributed by atoms with Crippen LogP contribution in [0.2, 0.25) is 0 Å². The fourth-order valence-corrected chi connectivity index (χ4v) is 1.42. The number of aromatic hydroxyl groups is 1. The van der Waals surface area contributed by atoms with Crippen molar-refractivity contribution >= 4 is 8.25 Å². The Morgan fingerprint density at radius 2 is 1.75 bits per heavy atom. The van der Waals surface area contributed by atoms with E-state index in [1.54, 1.807) is 0 Å². The van der Waals surface area contributed by atoms with Crippen LogP contribution in [0.5, 0.6) is 17.2 Å². The molecule has 16 heavy (non-hydrogen) atoms. The maximum atomic E-state index is 10.4. The SMILES string of the molecule is COc1cc(CO[P+](=O)O)cc(OC)c1O. The third-order valence-electron chi connectivity index (χ3n) is 1.88. The maximum Gasteiger partial charge on any atom is 0.695 e. The highest BCUT2D eigenvalue weighted by Gasteiger charge is 2.16. The van der Waals surface area contributed by atoms with Gasteiger partial charge >= 0.3 is 8.25 Å². The molecule has 88 valence electrons. The topological polar surface area (TPSA) is 85.2 Å². The highest BCUT2D eigenvalue weighted by atomic mass is 31.1. The van der Waals surface area contributed by atoms with Crippen LogP contribution in [0, 0.1) is 0 Å². The standard InChI is InChI=1S/C9H11O6P/c1-13-7-3-6(5-15-16(11)12)4-8(14-2)9(7)10/h3-4H,5H2,1-2H3,(H-,10,11,12)/p+1. The minimum atomic E-state index is -2.65. The molecule has 0 fully saturated rings. The Hall–Kier alpha value is -1.36. The van der Waals surface area contributed by atoms with Crippen molar-refractivity contribution in [3.63, 3.8) is 0 Å². The fraction of sp³-hybridized carbons (Fsp3) is 0.333. The van der Waals surface area contributed by atoms with Gasteiger partial charge in [-0.3, -0.25) is 0 Å². The number of ether oxygens (including phenoxy) is 2. The molecule has 1 atom stereocenters. The van der Waals surface area contributed by atoms with Crippen LogP contribution < -0.4 is 9.47 Å². The summed E-state index contributed by atoms with van der Waals surface area (Å²) >= 11 is 0. The van der Waals surface area contributed by atoms with Crippen molar-refractivity contribution in [1.29, 1.82) is 0 Å². The highest BCUT2D eigenvalue weighted by Crippen LogP contribution is 2.37. The van der Waals surface area contributed by atoms with Crippen molar-refractivity contribution in [1.82, 2.24) is 0 Å². The van der Waals surface area contributed by atoms with Gasteiger partial charge in [0.05, 0.1) is 14.2 Å². The molecule has 0 saturated carbocycles. The lowest BCUT2D eigenvalue weighted by atomic mass is 10.2. The summed E-state index contributed by atoms with van der Waals surface area (Å²) in [5.41, 5.74) is 0.559. The van der Waals surface area contributed by atoms with Crippen molar-refractivity contribution in [3.8, 4) is 17.2 Å². The molecule has 1 rings (SSSR count). The first-order chi connectivity index (χ1) is 7.58. The van der Waals surface area contributed by atoms with E-state index in [1.807, 2.05) is 0 Å². The summed E-state index contributed by atoms with van der Waals surface area (Å²) < 4.78 is 24.7. The largest absolute Gasteiger partial charge is 0.695 e. The van der Waals surface area contributed by atoms with E-state index in [9.17, 15) is 9.67 Å². The van der Waals surface area contributed by atoms with Crippen molar-refractivity contribution in [3.05, 3.63) is 17.7 Å². The van der Waals surface area contributed by atoms with Crippen LogP contribution in [0.3, 0.4) is 0 Å². The summed E-state index contributed by atoms with van der Waals surface area (Å²) in [5.74, 6) is 0.305. The van der Waals surface area contributed by atoms with Gasteiger partial charge in [-0.2, -0.15) is 0 Å². The van der Waals surface area contributed by atoms with Gasteiger partial charge in [0.2, 0.25) is 5.75 Å². The summed E-state index contributed by atoms with van der Waals surface area (Å²) in [5, 5.41) is 9.59. The van der Waals surface area contributed by atoms with Gasteiger partial charge in [-0.1, -0.05) is 0 Å². The van der Waals surface area contributed by atoms with Crippen LogP contribution in [0.25, 0.3) is 0 Å². The zero-order chi connectivity index (χ0) is 12.1. The molecule has 0 radical (unpaired) electrons. The van der Waals surface area contributed by atoms with Crippen molar-refractivity contribution in [2.24, 2.45) is 0 Å². The number of rotatable bonds is 5. The van der Waals surface area contributed by atoms with E-state index in [-0.39, 0.29) is 23.9 Å². The number of phenolic OH excluding ortho intramolecular Hbond substituents is 1. The summed E-state index contributed by atoms with van der Waals surface area (Å²) in [6, 6.07) is 2.99. The molecule has 1 aromatic rings. The molecule has 0 heterocycles. The summed E-state index contributed by atoms with van der Waals surface area (Å²) in [6.45, 7) is -0.0707. The number of methoxy groups -OCH3 is 2. The molecule has 0 aliphatic rings. The average Bonchev–Trinajstić information content (AvgIpc) is 2.27. The monoisotopic (exact) mass is 247 g/mol. The van der Waals surface area contributed by atoms with Crippen LogP contribution in [0.4, 0.5) is 0 Å². The number of phenols is 1. The molecule has 6 nitrogen and oxygen atoms in total. The lowest BCUT2D eigenvalue weighted by Gasteiger charge is -2.09. The Labute approximate surface area is 93.3 Å². The van der Waals surface area contributed by atoms with Gasteiger partial charge in [-0.25, -0.2) is 0 Å². The Bertz CT molecular complexity index is 367. The van der Waals surface area contributed by atoms with Crippen molar-refractivity contribution in [2.45, 2.75) is 6.61 Å². The Morgan fingerprint density at radius 1 is 1.25 bits per heavy atom. The van der Waals surface area contributed by atoms with E-state index < -0.39 is 8.25 Å². The maximum absolute atomic E-state index is 10.4. The van der Waals surface area contributed by atoms with Crippen LogP contribution >= 0.6 is 8.25 Å². The van der Waals surface area contributed by atoms with E-state index in [0.29, 0.717) is 5.56 Å². The third kappa shape index (κ3) is 3.06. The number of benzene rings is 1. The second kappa shape index (κ2) is 5.65. The molecule has 2 N–H and O–H groups in total. The van der Waals surface area contributed by atoms with Gasteiger partial charge in [0, 0.05) is 4.57 Å². The molecule has 1 unspecified atom stereocenters. The van der Waals surface area contributed by atoms with Gasteiger partial charge in [0.1, 0.15) is 6.61 Å². The predicted octanol–water partition coefficient (Wildman–Crippen LogP) is 1.58. The Morgan fingerprint density at radius 3 is 2.12 bits per heavy atom. The Balaban J connectivity index is 2.97. The minimum absolute atomic E-state index is 0.0707. The molecular formula is C9H12O6P+. The first-order valence-electron chi connectivity index (χ1n) is 4.31. The average molecular weight is 247 g/mol. The quantitative estimate of drug-likeness (QED) is 0.768. The zero-order valence-electron chi connectivity index (χ0n) is 8.84. The molecule has 0 aliphatic carbocycles. The molecule has 0 bridgehead atoms. The van der Waals surface area contributed by atoms with E-state index in [4.69, 9.17) is 14.4 Å². The van der Waals surface area contributed by atoms with E-state index in [2.05, 4.69) is 4.52 Å². The van der Waals surface area contributed by atoms with Crippen LogP contribution in [-0.2, 0) is 15.7 Å². The minimum Gasteiger partial charge on any atom is -0.502 e. The Kier molecular flexibility index (Phi) is 4.49. The summed E-state index contributed by atoms with van der Waals surface area (Å²) in [6.07, 6.45) is 0. The van der Waals surface area contributed by atoms with E-state index in [0.717, 1.165) is 0 Å². The molecular weight excluding hydrogens is 235 g/mol. The van der Waals surface area contributed by atoms with Crippen LogP contribution in [-0.4, -0.2) is 24.2 Å². The first-order valence-corrected chi connectivity index (χ1v) is 5.44. The van der Waals surface area contributed by atoms with Gasteiger partial charge in [0.15, 0.2) is 11.5 Å². The molecule has 1 aromatic carbocycles. The lowest BCUT2D eigenvalue weighted by molar-refractivity contribution is 0.270.